The maximum atomic E-state index is 12.3. The third-order valence-corrected chi connectivity index (χ3v) is 3.03. The summed E-state index contributed by atoms with van der Waals surface area (Å²) in [6, 6.07) is 5.35. The zero-order chi connectivity index (χ0) is 14.0. The number of carbonyl (C=O) groups is 1. The van der Waals surface area contributed by atoms with Gasteiger partial charge in [0.25, 0.3) is 5.91 Å². The van der Waals surface area contributed by atoms with Crippen molar-refractivity contribution >= 4 is 5.91 Å². The van der Waals surface area contributed by atoms with Gasteiger partial charge >= 0.3 is 0 Å². The van der Waals surface area contributed by atoms with Crippen molar-refractivity contribution in [2.24, 2.45) is 5.41 Å². The number of rotatable bonds is 1. The SMILES string of the molecule is CC(C)(C)C(=O)N1OCC[C@H]1c1ccc(C#N)nc1. The molecule has 0 saturated carbocycles. The minimum Gasteiger partial charge on any atom is -0.272 e. The molecule has 1 amide bonds. The van der Waals surface area contributed by atoms with Crippen LogP contribution < -0.4 is 0 Å². The number of hydrogen-bond acceptors (Lipinski definition) is 4. The van der Waals surface area contributed by atoms with E-state index in [4.69, 9.17) is 10.1 Å². The number of hydroxylamine groups is 2. The minimum atomic E-state index is -0.484. The molecule has 1 fully saturated rings. The van der Waals surface area contributed by atoms with E-state index in [1.54, 1.807) is 12.3 Å². The molecular formula is C14H17N3O2. The number of nitriles is 1. The van der Waals surface area contributed by atoms with Crippen LogP contribution in [0.4, 0.5) is 0 Å². The lowest BCUT2D eigenvalue weighted by Crippen LogP contribution is -2.38. The number of pyridine rings is 1. The Morgan fingerprint density at radius 3 is 2.79 bits per heavy atom. The molecule has 1 aromatic rings. The van der Waals surface area contributed by atoms with E-state index in [0.717, 1.165) is 12.0 Å². The fourth-order valence-electron chi connectivity index (χ4n) is 1.97. The first-order valence-electron chi connectivity index (χ1n) is 6.26. The Balaban J connectivity index is 2.23. The van der Waals surface area contributed by atoms with Gasteiger partial charge in [0.15, 0.2) is 0 Å². The monoisotopic (exact) mass is 259 g/mol. The highest BCUT2D eigenvalue weighted by Gasteiger charge is 2.37. The summed E-state index contributed by atoms with van der Waals surface area (Å²) >= 11 is 0. The van der Waals surface area contributed by atoms with Crippen LogP contribution in [0.3, 0.4) is 0 Å². The van der Waals surface area contributed by atoms with Crippen molar-refractivity contribution < 1.29 is 9.63 Å². The Morgan fingerprint density at radius 1 is 1.53 bits per heavy atom. The number of hydrogen-bond donors (Lipinski definition) is 0. The van der Waals surface area contributed by atoms with E-state index < -0.39 is 5.41 Å². The van der Waals surface area contributed by atoms with Gasteiger partial charge in [0, 0.05) is 18.0 Å². The average molecular weight is 259 g/mol. The van der Waals surface area contributed by atoms with Gasteiger partial charge in [-0.2, -0.15) is 5.26 Å². The van der Waals surface area contributed by atoms with Crippen molar-refractivity contribution in [3.63, 3.8) is 0 Å². The second-order valence-corrected chi connectivity index (χ2v) is 5.61. The lowest BCUT2D eigenvalue weighted by Gasteiger charge is -2.28. The predicted octanol–water partition coefficient (Wildman–Crippen LogP) is 2.20. The molecule has 0 bridgehead atoms. The van der Waals surface area contributed by atoms with Crippen LogP contribution >= 0.6 is 0 Å². The van der Waals surface area contributed by atoms with Crippen molar-refractivity contribution in [3.05, 3.63) is 29.6 Å². The van der Waals surface area contributed by atoms with Crippen LogP contribution in [0, 0.1) is 16.7 Å². The van der Waals surface area contributed by atoms with Gasteiger partial charge in [-0.3, -0.25) is 9.63 Å². The number of carbonyl (C=O) groups excluding carboxylic acids is 1. The molecule has 5 nitrogen and oxygen atoms in total. The second kappa shape index (κ2) is 4.98. The number of amides is 1. The lowest BCUT2D eigenvalue weighted by atomic mass is 9.94. The summed E-state index contributed by atoms with van der Waals surface area (Å²) in [5.41, 5.74) is 0.785. The van der Waals surface area contributed by atoms with E-state index in [9.17, 15) is 4.79 Å². The molecule has 0 spiro atoms. The molecule has 0 unspecified atom stereocenters. The van der Waals surface area contributed by atoms with Crippen molar-refractivity contribution in [2.45, 2.75) is 33.2 Å². The summed E-state index contributed by atoms with van der Waals surface area (Å²) in [5, 5.41) is 10.2. The highest BCUT2D eigenvalue weighted by molar-refractivity contribution is 5.81. The fraction of sp³-hybridized carbons (Fsp3) is 0.500. The van der Waals surface area contributed by atoms with Gasteiger partial charge in [-0.05, 0) is 11.6 Å². The van der Waals surface area contributed by atoms with Crippen LogP contribution in [-0.2, 0) is 9.63 Å². The van der Waals surface area contributed by atoms with Crippen LogP contribution in [0.25, 0.3) is 0 Å². The van der Waals surface area contributed by atoms with Crippen LogP contribution in [0.5, 0.6) is 0 Å². The predicted molar refractivity (Wildman–Crippen MR) is 68.6 cm³/mol. The average Bonchev–Trinajstić information content (AvgIpc) is 2.85. The number of aromatic nitrogens is 1. The topological polar surface area (TPSA) is 66.2 Å². The molecule has 2 heterocycles. The Hall–Kier alpha value is -1.93. The molecule has 1 aliphatic rings. The van der Waals surface area contributed by atoms with Crippen molar-refractivity contribution in [1.82, 2.24) is 10.0 Å². The maximum absolute atomic E-state index is 12.3. The molecule has 1 atom stereocenters. The van der Waals surface area contributed by atoms with Crippen LogP contribution in [-0.4, -0.2) is 22.6 Å². The van der Waals surface area contributed by atoms with Crippen molar-refractivity contribution in [1.29, 1.82) is 5.26 Å². The molecule has 1 aromatic heterocycles. The van der Waals surface area contributed by atoms with Gasteiger partial charge in [0.1, 0.15) is 11.8 Å². The van der Waals surface area contributed by atoms with Crippen LogP contribution in [0.2, 0.25) is 0 Å². The summed E-state index contributed by atoms with van der Waals surface area (Å²) in [6.07, 6.45) is 2.39. The molecule has 0 radical (unpaired) electrons. The van der Waals surface area contributed by atoms with E-state index >= 15 is 0 Å². The van der Waals surface area contributed by atoms with Crippen LogP contribution in [0.15, 0.2) is 18.3 Å². The second-order valence-electron chi connectivity index (χ2n) is 5.61. The van der Waals surface area contributed by atoms with E-state index in [2.05, 4.69) is 4.98 Å². The summed E-state index contributed by atoms with van der Waals surface area (Å²) in [6.45, 7) is 6.12. The molecule has 1 saturated heterocycles. The van der Waals surface area contributed by atoms with Gasteiger partial charge in [-0.15, -0.1) is 0 Å². The van der Waals surface area contributed by atoms with Gasteiger partial charge in [0.05, 0.1) is 12.6 Å². The van der Waals surface area contributed by atoms with Crippen LogP contribution in [0.1, 0.15) is 44.5 Å². The largest absolute Gasteiger partial charge is 0.272 e. The quantitative estimate of drug-likeness (QED) is 0.775. The van der Waals surface area contributed by atoms with E-state index in [1.165, 1.54) is 5.06 Å². The smallest absolute Gasteiger partial charge is 0.252 e. The molecular weight excluding hydrogens is 242 g/mol. The molecule has 0 aliphatic carbocycles. The molecule has 1 aliphatic heterocycles. The number of nitrogens with zero attached hydrogens (tertiary/aromatic N) is 3. The van der Waals surface area contributed by atoms with E-state index in [-0.39, 0.29) is 11.9 Å². The highest BCUT2D eigenvalue weighted by Crippen LogP contribution is 2.33. The fourth-order valence-corrected chi connectivity index (χ4v) is 1.97. The lowest BCUT2D eigenvalue weighted by molar-refractivity contribution is -0.186. The van der Waals surface area contributed by atoms with Gasteiger partial charge in [-0.25, -0.2) is 10.0 Å². The molecule has 5 heteroatoms. The molecule has 2 rings (SSSR count). The molecule has 0 aromatic carbocycles. The standard InChI is InChI=1S/C14H17N3O2/c1-14(2,3)13(18)17-12(6-7-19-17)10-4-5-11(8-15)16-9-10/h4-5,9,12H,6-7H2,1-3H3/t12-/m0/s1. The Morgan fingerprint density at radius 2 is 2.26 bits per heavy atom. The Kier molecular flexibility index (Phi) is 3.54. The first-order chi connectivity index (χ1) is 8.93. The third-order valence-electron chi connectivity index (χ3n) is 3.03. The molecule has 19 heavy (non-hydrogen) atoms. The first kappa shape index (κ1) is 13.5. The zero-order valence-corrected chi connectivity index (χ0v) is 11.4. The van der Waals surface area contributed by atoms with Gasteiger partial charge in [-0.1, -0.05) is 26.8 Å². The summed E-state index contributed by atoms with van der Waals surface area (Å²) in [5.74, 6) is -0.0423. The van der Waals surface area contributed by atoms with E-state index in [1.807, 2.05) is 32.9 Å². The third kappa shape index (κ3) is 2.74. The highest BCUT2D eigenvalue weighted by atomic mass is 16.7. The summed E-state index contributed by atoms with van der Waals surface area (Å²) in [7, 11) is 0. The zero-order valence-electron chi connectivity index (χ0n) is 11.4. The van der Waals surface area contributed by atoms with Crippen molar-refractivity contribution in [3.8, 4) is 6.07 Å². The normalized spacial score (nSPS) is 19.3. The molecule has 0 N–H and O–H groups in total. The van der Waals surface area contributed by atoms with Gasteiger partial charge < -0.3 is 0 Å². The summed E-state index contributed by atoms with van der Waals surface area (Å²) < 4.78 is 0. The van der Waals surface area contributed by atoms with Gasteiger partial charge in [0.2, 0.25) is 0 Å². The first-order valence-corrected chi connectivity index (χ1v) is 6.26. The minimum absolute atomic E-state index is 0.0423. The Bertz CT molecular complexity index is 511. The van der Waals surface area contributed by atoms with Crippen molar-refractivity contribution in [2.75, 3.05) is 6.61 Å². The van der Waals surface area contributed by atoms with E-state index in [0.29, 0.717) is 12.3 Å². The maximum Gasteiger partial charge on any atom is 0.252 e. The summed E-state index contributed by atoms with van der Waals surface area (Å²) in [4.78, 5) is 21.8. The molecule has 100 valence electrons. The Labute approximate surface area is 112 Å².